The predicted octanol–water partition coefficient (Wildman–Crippen LogP) is 3.70. The molecular formula is C15H24F2N2. The highest BCUT2D eigenvalue weighted by Crippen LogP contribution is 2.25. The van der Waals surface area contributed by atoms with Crippen LogP contribution in [-0.2, 0) is 6.54 Å². The van der Waals surface area contributed by atoms with E-state index in [0.29, 0.717) is 12.1 Å². The third-order valence-electron chi connectivity index (χ3n) is 3.03. The van der Waals surface area contributed by atoms with Gasteiger partial charge in [0.15, 0.2) is 0 Å². The maximum atomic E-state index is 14.0. The first-order chi connectivity index (χ1) is 8.61. The van der Waals surface area contributed by atoms with E-state index in [9.17, 15) is 8.78 Å². The Morgan fingerprint density at radius 1 is 1.16 bits per heavy atom. The van der Waals surface area contributed by atoms with Crippen molar-refractivity contribution in [3.63, 3.8) is 0 Å². The Balaban J connectivity index is 2.97. The van der Waals surface area contributed by atoms with E-state index in [2.05, 4.69) is 5.32 Å². The van der Waals surface area contributed by atoms with Crippen LogP contribution in [0.3, 0.4) is 0 Å². The standard InChI is InChI=1S/C15H24F2N2/c1-10(2)19(6)14-12(16)7-11(8-13(14)17)9-18-15(3,4)5/h7-8,10,18H,9H2,1-6H3. The number of halogens is 2. The molecular weight excluding hydrogens is 246 g/mol. The summed E-state index contributed by atoms with van der Waals surface area (Å²) in [6.07, 6.45) is 0. The number of hydrogen-bond donors (Lipinski definition) is 1. The summed E-state index contributed by atoms with van der Waals surface area (Å²) in [6, 6.07) is 2.84. The molecule has 0 spiro atoms. The molecule has 4 heteroatoms. The van der Waals surface area contributed by atoms with Crippen LogP contribution in [0.15, 0.2) is 12.1 Å². The summed E-state index contributed by atoms with van der Waals surface area (Å²) < 4.78 is 28.1. The molecule has 0 unspecified atom stereocenters. The Morgan fingerprint density at radius 3 is 2.00 bits per heavy atom. The maximum absolute atomic E-state index is 14.0. The van der Waals surface area contributed by atoms with Crippen molar-refractivity contribution in [2.24, 2.45) is 0 Å². The van der Waals surface area contributed by atoms with Crippen molar-refractivity contribution in [2.75, 3.05) is 11.9 Å². The molecule has 1 N–H and O–H groups in total. The molecule has 0 aliphatic rings. The van der Waals surface area contributed by atoms with Gasteiger partial charge in [-0.15, -0.1) is 0 Å². The van der Waals surface area contributed by atoms with Crippen LogP contribution in [0.4, 0.5) is 14.5 Å². The van der Waals surface area contributed by atoms with E-state index in [-0.39, 0.29) is 17.3 Å². The molecule has 0 saturated carbocycles. The molecule has 0 aliphatic heterocycles. The number of nitrogens with zero attached hydrogens (tertiary/aromatic N) is 1. The summed E-state index contributed by atoms with van der Waals surface area (Å²) in [4.78, 5) is 1.60. The minimum absolute atomic E-state index is 0.0366. The minimum Gasteiger partial charge on any atom is -0.367 e. The molecule has 0 radical (unpaired) electrons. The molecule has 0 saturated heterocycles. The number of nitrogens with one attached hydrogen (secondary N) is 1. The zero-order valence-corrected chi connectivity index (χ0v) is 12.6. The molecule has 0 heterocycles. The monoisotopic (exact) mass is 270 g/mol. The molecule has 0 aliphatic carbocycles. The van der Waals surface area contributed by atoms with Gasteiger partial charge >= 0.3 is 0 Å². The topological polar surface area (TPSA) is 15.3 Å². The van der Waals surface area contributed by atoms with Crippen LogP contribution in [0, 0.1) is 11.6 Å². The third-order valence-corrected chi connectivity index (χ3v) is 3.03. The lowest BCUT2D eigenvalue weighted by molar-refractivity contribution is 0.422. The zero-order valence-electron chi connectivity index (χ0n) is 12.6. The van der Waals surface area contributed by atoms with Crippen molar-refractivity contribution in [2.45, 2.75) is 52.7 Å². The van der Waals surface area contributed by atoms with Crippen LogP contribution in [0.1, 0.15) is 40.2 Å². The highest BCUT2D eigenvalue weighted by Gasteiger charge is 2.18. The van der Waals surface area contributed by atoms with Crippen LogP contribution >= 0.6 is 0 Å². The second-order valence-corrected chi connectivity index (χ2v) is 6.22. The maximum Gasteiger partial charge on any atom is 0.149 e. The molecule has 0 amide bonds. The fourth-order valence-electron chi connectivity index (χ4n) is 1.68. The predicted molar refractivity (Wildman–Crippen MR) is 76.5 cm³/mol. The molecule has 2 nitrogen and oxygen atoms in total. The molecule has 108 valence electrons. The van der Waals surface area contributed by atoms with Crippen LogP contribution in [0.25, 0.3) is 0 Å². The molecule has 1 aromatic rings. The van der Waals surface area contributed by atoms with E-state index in [0.717, 1.165) is 0 Å². The lowest BCUT2D eigenvalue weighted by Crippen LogP contribution is -2.35. The zero-order chi connectivity index (χ0) is 14.8. The largest absolute Gasteiger partial charge is 0.367 e. The average molecular weight is 270 g/mol. The lowest BCUT2D eigenvalue weighted by Gasteiger charge is -2.25. The smallest absolute Gasteiger partial charge is 0.149 e. The Morgan fingerprint density at radius 2 is 1.63 bits per heavy atom. The third kappa shape index (κ3) is 4.46. The van der Waals surface area contributed by atoms with E-state index in [1.807, 2.05) is 34.6 Å². The SMILES string of the molecule is CC(C)N(C)c1c(F)cc(CNC(C)(C)C)cc1F. The summed E-state index contributed by atoms with van der Waals surface area (Å²) >= 11 is 0. The summed E-state index contributed by atoms with van der Waals surface area (Å²) in [5.74, 6) is -1.02. The number of anilines is 1. The number of benzene rings is 1. The summed E-state index contributed by atoms with van der Waals surface area (Å²) in [5, 5.41) is 3.22. The molecule has 19 heavy (non-hydrogen) atoms. The van der Waals surface area contributed by atoms with Crippen molar-refractivity contribution in [1.29, 1.82) is 0 Å². The molecule has 0 aromatic heterocycles. The Kier molecular flexibility index (Phi) is 4.91. The first kappa shape index (κ1) is 15.9. The van der Waals surface area contributed by atoms with Crippen LogP contribution in [0.2, 0.25) is 0 Å². The van der Waals surface area contributed by atoms with Crippen LogP contribution in [-0.4, -0.2) is 18.6 Å². The first-order valence-corrected chi connectivity index (χ1v) is 6.57. The highest BCUT2D eigenvalue weighted by atomic mass is 19.1. The van der Waals surface area contributed by atoms with Crippen molar-refractivity contribution in [3.05, 3.63) is 29.3 Å². The van der Waals surface area contributed by atoms with Crippen LogP contribution in [0.5, 0.6) is 0 Å². The van der Waals surface area contributed by atoms with Gasteiger partial charge in [0.1, 0.15) is 17.3 Å². The highest BCUT2D eigenvalue weighted by molar-refractivity contribution is 5.50. The van der Waals surface area contributed by atoms with Gasteiger partial charge in [0.2, 0.25) is 0 Å². The van der Waals surface area contributed by atoms with Gasteiger partial charge in [0.05, 0.1) is 0 Å². The Hall–Kier alpha value is -1.16. The van der Waals surface area contributed by atoms with Crippen molar-refractivity contribution in [3.8, 4) is 0 Å². The number of hydrogen-bond acceptors (Lipinski definition) is 2. The number of rotatable bonds is 4. The van der Waals surface area contributed by atoms with E-state index in [1.165, 1.54) is 12.1 Å². The van der Waals surface area contributed by atoms with Gasteiger partial charge < -0.3 is 10.2 Å². The first-order valence-electron chi connectivity index (χ1n) is 6.57. The molecule has 0 fully saturated rings. The fraction of sp³-hybridized carbons (Fsp3) is 0.600. The minimum atomic E-state index is -0.512. The van der Waals surface area contributed by atoms with Gasteiger partial charge in [-0.05, 0) is 52.3 Å². The molecule has 1 aromatic carbocycles. The fourth-order valence-corrected chi connectivity index (χ4v) is 1.68. The Labute approximate surface area is 114 Å². The van der Waals surface area contributed by atoms with Gasteiger partial charge in [0.25, 0.3) is 0 Å². The second-order valence-electron chi connectivity index (χ2n) is 6.22. The van der Waals surface area contributed by atoms with E-state index in [1.54, 1.807) is 11.9 Å². The van der Waals surface area contributed by atoms with Gasteiger partial charge in [-0.3, -0.25) is 0 Å². The molecule has 0 bridgehead atoms. The van der Waals surface area contributed by atoms with E-state index >= 15 is 0 Å². The van der Waals surface area contributed by atoms with Gasteiger partial charge in [-0.25, -0.2) is 8.78 Å². The summed E-state index contributed by atoms with van der Waals surface area (Å²) in [7, 11) is 1.69. The molecule has 0 atom stereocenters. The summed E-state index contributed by atoms with van der Waals surface area (Å²) in [5.41, 5.74) is 0.570. The van der Waals surface area contributed by atoms with Gasteiger partial charge in [-0.1, -0.05) is 0 Å². The summed E-state index contributed by atoms with van der Waals surface area (Å²) in [6.45, 7) is 10.3. The van der Waals surface area contributed by atoms with E-state index < -0.39 is 11.6 Å². The average Bonchev–Trinajstić information content (AvgIpc) is 2.24. The quantitative estimate of drug-likeness (QED) is 0.897. The van der Waals surface area contributed by atoms with Crippen LogP contribution < -0.4 is 10.2 Å². The van der Waals surface area contributed by atoms with Crippen molar-refractivity contribution < 1.29 is 8.78 Å². The van der Waals surface area contributed by atoms with Crippen molar-refractivity contribution >= 4 is 5.69 Å². The van der Waals surface area contributed by atoms with Crippen molar-refractivity contribution in [1.82, 2.24) is 5.32 Å². The normalized spacial score (nSPS) is 12.1. The second kappa shape index (κ2) is 5.87. The van der Waals surface area contributed by atoms with Gasteiger partial charge in [-0.2, -0.15) is 0 Å². The van der Waals surface area contributed by atoms with E-state index in [4.69, 9.17) is 0 Å². The molecule has 1 rings (SSSR count). The Bertz CT molecular complexity index is 413. The van der Waals surface area contributed by atoms with Gasteiger partial charge in [0, 0.05) is 25.2 Å². The lowest BCUT2D eigenvalue weighted by atomic mass is 10.1.